The van der Waals surface area contributed by atoms with E-state index in [1.165, 1.54) is 6.20 Å². The fraction of sp³-hybridized carbons (Fsp3) is 0.143. The third kappa shape index (κ3) is 3.99. The monoisotopic (exact) mass is 257 g/mol. The number of hydrogen-bond acceptors (Lipinski definition) is 4. The Labute approximate surface area is 111 Å². The number of pyridine rings is 1. The van der Waals surface area contributed by atoms with Crippen molar-refractivity contribution in [2.24, 2.45) is 5.73 Å². The number of nitrogens with zero attached hydrogens (tertiary/aromatic N) is 1. The molecule has 1 aromatic heterocycles. The predicted octanol–water partition coefficient (Wildman–Crippen LogP) is 1.67. The lowest BCUT2D eigenvalue weighted by atomic mass is 10.3. The number of rotatable bonds is 6. The molecule has 0 fully saturated rings. The zero-order valence-corrected chi connectivity index (χ0v) is 10.4. The van der Waals surface area contributed by atoms with Crippen LogP contribution in [0.4, 0.5) is 5.82 Å². The first-order valence-electron chi connectivity index (χ1n) is 5.93. The highest BCUT2D eigenvalue weighted by Gasteiger charge is 2.00. The van der Waals surface area contributed by atoms with Crippen molar-refractivity contribution in [1.29, 1.82) is 0 Å². The van der Waals surface area contributed by atoms with Gasteiger partial charge in [0.2, 0.25) is 5.91 Å². The SMILES string of the molecule is NC(=O)c1ccc(NCCOc2ccccc2)nc1. The number of nitrogens with one attached hydrogen (secondary N) is 1. The number of amides is 1. The average molecular weight is 257 g/mol. The van der Waals surface area contributed by atoms with Gasteiger partial charge in [-0.25, -0.2) is 4.98 Å². The van der Waals surface area contributed by atoms with Gasteiger partial charge in [-0.2, -0.15) is 0 Å². The van der Waals surface area contributed by atoms with Crippen LogP contribution in [0.5, 0.6) is 5.75 Å². The summed E-state index contributed by atoms with van der Waals surface area (Å²) in [4.78, 5) is 14.9. The van der Waals surface area contributed by atoms with Crippen molar-refractivity contribution < 1.29 is 9.53 Å². The van der Waals surface area contributed by atoms with Crippen molar-refractivity contribution in [3.05, 3.63) is 54.2 Å². The molecule has 19 heavy (non-hydrogen) atoms. The van der Waals surface area contributed by atoms with Crippen molar-refractivity contribution in [1.82, 2.24) is 4.98 Å². The quantitative estimate of drug-likeness (QED) is 0.772. The molecule has 0 spiro atoms. The number of nitrogens with two attached hydrogens (primary N) is 1. The van der Waals surface area contributed by atoms with Crippen LogP contribution in [0.3, 0.4) is 0 Å². The summed E-state index contributed by atoms with van der Waals surface area (Å²) in [6.07, 6.45) is 1.45. The number of primary amides is 1. The molecule has 0 aliphatic carbocycles. The van der Waals surface area contributed by atoms with Gasteiger partial charge in [0.1, 0.15) is 18.2 Å². The van der Waals surface area contributed by atoms with Gasteiger partial charge in [0, 0.05) is 6.20 Å². The van der Waals surface area contributed by atoms with E-state index >= 15 is 0 Å². The molecule has 5 heteroatoms. The summed E-state index contributed by atoms with van der Waals surface area (Å²) in [7, 11) is 0. The van der Waals surface area contributed by atoms with Gasteiger partial charge < -0.3 is 15.8 Å². The molecule has 0 saturated heterocycles. The summed E-state index contributed by atoms with van der Waals surface area (Å²) < 4.78 is 5.53. The molecule has 0 radical (unpaired) electrons. The van der Waals surface area contributed by atoms with Gasteiger partial charge in [-0.1, -0.05) is 18.2 Å². The first kappa shape index (κ1) is 12.9. The number of ether oxygens (including phenoxy) is 1. The van der Waals surface area contributed by atoms with Gasteiger partial charge in [-0.05, 0) is 24.3 Å². The number of aromatic nitrogens is 1. The number of anilines is 1. The van der Waals surface area contributed by atoms with E-state index in [1.54, 1.807) is 12.1 Å². The first-order valence-corrected chi connectivity index (χ1v) is 5.93. The van der Waals surface area contributed by atoms with Crippen molar-refractivity contribution in [3.63, 3.8) is 0 Å². The molecule has 2 aromatic rings. The molecule has 98 valence electrons. The van der Waals surface area contributed by atoms with Crippen LogP contribution >= 0.6 is 0 Å². The topological polar surface area (TPSA) is 77.2 Å². The van der Waals surface area contributed by atoms with Gasteiger partial charge in [-0.15, -0.1) is 0 Å². The number of benzene rings is 1. The van der Waals surface area contributed by atoms with E-state index in [9.17, 15) is 4.79 Å². The predicted molar refractivity (Wildman–Crippen MR) is 73.2 cm³/mol. The molecular weight excluding hydrogens is 242 g/mol. The second-order valence-corrected chi connectivity index (χ2v) is 3.88. The minimum absolute atomic E-state index is 0.395. The Kier molecular flexibility index (Phi) is 4.34. The van der Waals surface area contributed by atoms with Crippen molar-refractivity contribution >= 4 is 11.7 Å². The van der Waals surface area contributed by atoms with E-state index in [2.05, 4.69) is 10.3 Å². The van der Waals surface area contributed by atoms with E-state index in [-0.39, 0.29) is 0 Å². The Balaban J connectivity index is 1.75. The maximum absolute atomic E-state index is 10.9. The zero-order chi connectivity index (χ0) is 13.5. The van der Waals surface area contributed by atoms with Crippen LogP contribution < -0.4 is 15.8 Å². The summed E-state index contributed by atoms with van der Waals surface area (Å²) in [6.45, 7) is 1.15. The van der Waals surface area contributed by atoms with Crippen molar-refractivity contribution in [2.45, 2.75) is 0 Å². The molecule has 1 heterocycles. The summed E-state index contributed by atoms with van der Waals surface area (Å²) >= 11 is 0. The van der Waals surface area contributed by atoms with E-state index in [4.69, 9.17) is 10.5 Å². The van der Waals surface area contributed by atoms with Crippen molar-refractivity contribution in [2.75, 3.05) is 18.5 Å². The number of carbonyl (C=O) groups excluding carboxylic acids is 1. The highest BCUT2D eigenvalue weighted by Crippen LogP contribution is 2.08. The third-order valence-corrected chi connectivity index (χ3v) is 2.47. The minimum atomic E-state index is -0.480. The molecule has 0 unspecified atom stereocenters. The molecule has 0 atom stereocenters. The van der Waals surface area contributed by atoms with E-state index in [0.717, 1.165) is 5.75 Å². The van der Waals surface area contributed by atoms with Crippen LogP contribution in [0.2, 0.25) is 0 Å². The molecule has 0 bridgehead atoms. The van der Waals surface area contributed by atoms with E-state index < -0.39 is 5.91 Å². The smallest absolute Gasteiger partial charge is 0.250 e. The molecule has 3 N–H and O–H groups in total. The minimum Gasteiger partial charge on any atom is -0.492 e. The van der Waals surface area contributed by atoms with Crippen LogP contribution in [-0.2, 0) is 0 Å². The van der Waals surface area contributed by atoms with E-state index in [1.807, 2.05) is 30.3 Å². The Morgan fingerprint density at radius 3 is 2.63 bits per heavy atom. The standard InChI is InChI=1S/C14H15N3O2/c15-14(18)11-6-7-13(17-10-11)16-8-9-19-12-4-2-1-3-5-12/h1-7,10H,8-9H2,(H2,15,18)(H,16,17). The largest absolute Gasteiger partial charge is 0.492 e. The number of carbonyl (C=O) groups is 1. The highest BCUT2D eigenvalue weighted by molar-refractivity contribution is 5.92. The lowest BCUT2D eigenvalue weighted by Gasteiger charge is -2.08. The normalized spacial score (nSPS) is 9.89. The molecule has 0 aliphatic rings. The first-order chi connectivity index (χ1) is 9.25. The van der Waals surface area contributed by atoms with Gasteiger partial charge in [0.15, 0.2) is 0 Å². The van der Waals surface area contributed by atoms with Crippen LogP contribution in [0, 0.1) is 0 Å². The second kappa shape index (κ2) is 6.39. The molecular formula is C14H15N3O2. The van der Waals surface area contributed by atoms with Gasteiger partial charge in [0.25, 0.3) is 0 Å². The number of para-hydroxylation sites is 1. The highest BCUT2D eigenvalue weighted by atomic mass is 16.5. The maximum atomic E-state index is 10.9. The van der Waals surface area contributed by atoms with Crippen LogP contribution in [-0.4, -0.2) is 24.0 Å². The lowest BCUT2D eigenvalue weighted by Crippen LogP contribution is -2.14. The molecule has 0 saturated carbocycles. The Hall–Kier alpha value is -2.56. The van der Waals surface area contributed by atoms with Crippen LogP contribution in [0.15, 0.2) is 48.7 Å². The Bertz CT molecular complexity index is 526. The Morgan fingerprint density at radius 1 is 1.21 bits per heavy atom. The summed E-state index contributed by atoms with van der Waals surface area (Å²) in [6, 6.07) is 12.9. The summed E-state index contributed by atoms with van der Waals surface area (Å²) in [5.74, 6) is 1.04. The zero-order valence-electron chi connectivity index (χ0n) is 10.4. The number of hydrogen-bond donors (Lipinski definition) is 2. The van der Waals surface area contributed by atoms with Crippen LogP contribution in [0.25, 0.3) is 0 Å². The molecule has 1 aromatic carbocycles. The van der Waals surface area contributed by atoms with Gasteiger partial charge >= 0.3 is 0 Å². The second-order valence-electron chi connectivity index (χ2n) is 3.88. The molecule has 5 nitrogen and oxygen atoms in total. The van der Waals surface area contributed by atoms with Gasteiger partial charge in [0.05, 0.1) is 12.1 Å². The van der Waals surface area contributed by atoms with Crippen LogP contribution in [0.1, 0.15) is 10.4 Å². The Morgan fingerprint density at radius 2 is 2.00 bits per heavy atom. The summed E-state index contributed by atoms with van der Waals surface area (Å²) in [5, 5.41) is 3.09. The fourth-order valence-corrected chi connectivity index (χ4v) is 1.51. The molecule has 0 aliphatic heterocycles. The fourth-order valence-electron chi connectivity index (χ4n) is 1.51. The maximum Gasteiger partial charge on any atom is 0.250 e. The summed E-state index contributed by atoms with van der Waals surface area (Å²) in [5.41, 5.74) is 5.53. The third-order valence-electron chi connectivity index (χ3n) is 2.47. The molecule has 2 rings (SSSR count). The molecule has 1 amide bonds. The average Bonchev–Trinajstić information content (AvgIpc) is 2.45. The lowest BCUT2D eigenvalue weighted by molar-refractivity contribution is 0.1000. The van der Waals surface area contributed by atoms with E-state index in [0.29, 0.717) is 24.5 Å². The van der Waals surface area contributed by atoms with Crippen molar-refractivity contribution in [3.8, 4) is 5.75 Å². The van der Waals surface area contributed by atoms with Gasteiger partial charge in [-0.3, -0.25) is 4.79 Å².